The van der Waals surface area contributed by atoms with Crippen molar-refractivity contribution < 1.29 is 18.7 Å². The fraction of sp³-hybridized carbons (Fsp3) is 0.444. The molecule has 0 saturated carbocycles. The van der Waals surface area contributed by atoms with E-state index < -0.39 is 0 Å². The van der Waals surface area contributed by atoms with E-state index in [1.54, 1.807) is 29.7 Å². The molecular weight excluding hydrogens is 448 g/mol. The number of furan rings is 1. The number of rotatable bonds is 5. The summed E-state index contributed by atoms with van der Waals surface area (Å²) in [4.78, 5) is 17.0. The van der Waals surface area contributed by atoms with Gasteiger partial charge in [0.15, 0.2) is 17.3 Å². The lowest BCUT2D eigenvalue weighted by Crippen LogP contribution is -2.37. The predicted molar refractivity (Wildman–Crippen MR) is 132 cm³/mol. The molecule has 178 valence electrons. The molecule has 1 unspecified atom stereocenters. The number of hydrogen-bond acceptors (Lipinski definition) is 6. The van der Waals surface area contributed by atoms with E-state index in [9.17, 15) is 4.79 Å². The highest BCUT2D eigenvalue weighted by atomic mass is 32.1. The normalized spacial score (nSPS) is 19.1. The Morgan fingerprint density at radius 2 is 1.94 bits per heavy atom. The minimum absolute atomic E-state index is 0.0620. The van der Waals surface area contributed by atoms with Gasteiger partial charge in [-0.2, -0.15) is 0 Å². The van der Waals surface area contributed by atoms with Crippen molar-refractivity contribution >= 4 is 22.2 Å². The second-order valence-electron chi connectivity index (χ2n) is 9.62. The highest BCUT2D eigenvalue weighted by molar-refractivity contribution is 7.16. The number of hydrogen-bond donors (Lipinski definition) is 1. The van der Waals surface area contributed by atoms with Crippen molar-refractivity contribution in [3.63, 3.8) is 0 Å². The van der Waals surface area contributed by atoms with Crippen LogP contribution >= 0.6 is 11.3 Å². The summed E-state index contributed by atoms with van der Waals surface area (Å²) in [7, 11) is 0. The van der Waals surface area contributed by atoms with Gasteiger partial charge in [-0.25, -0.2) is 0 Å². The number of benzene rings is 1. The van der Waals surface area contributed by atoms with Gasteiger partial charge < -0.3 is 19.2 Å². The SMILES string of the molecule is CC1CCN(C(c2ccc3c(c2)OCO3)c2c(NC(=O)c3ccco3)sc3c2CCCC3)CC1. The van der Waals surface area contributed by atoms with Gasteiger partial charge in [0, 0.05) is 10.4 Å². The number of piperidine rings is 1. The maximum absolute atomic E-state index is 13.0. The molecule has 6 rings (SSSR count). The van der Waals surface area contributed by atoms with Crippen molar-refractivity contribution in [2.24, 2.45) is 5.92 Å². The van der Waals surface area contributed by atoms with Crippen molar-refractivity contribution in [3.8, 4) is 11.5 Å². The summed E-state index contributed by atoms with van der Waals surface area (Å²) in [5.74, 6) is 2.49. The van der Waals surface area contributed by atoms with Crippen molar-refractivity contribution in [2.45, 2.75) is 51.5 Å². The fourth-order valence-electron chi connectivity index (χ4n) is 5.47. The summed E-state index contributed by atoms with van der Waals surface area (Å²) < 4.78 is 16.7. The number of thiophene rings is 1. The lowest BCUT2D eigenvalue weighted by atomic mass is 9.87. The summed E-state index contributed by atoms with van der Waals surface area (Å²) in [6, 6.07) is 9.85. The van der Waals surface area contributed by atoms with Crippen LogP contribution in [0.1, 0.15) is 70.8 Å². The van der Waals surface area contributed by atoms with Crippen molar-refractivity contribution in [1.29, 1.82) is 0 Å². The zero-order valence-electron chi connectivity index (χ0n) is 19.5. The molecule has 4 heterocycles. The molecule has 1 aliphatic carbocycles. The number of carbonyl (C=O) groups is 1. The fourth-order valence-corrected chi connectivity index (χ4v) is 6.79. The van der Waals surface area contributed by atoms with E-state index in [0.29, 0.717) is 5.76 Å². The van der Waals surface area contributed by atoms with Crippen LogP contribution in [0, 0.1) is 5.92 Å². The minimum atomic E-state index is -0.193. The van der Waals surface area contributed by atoms with E-state index in [2.05, 4.69) is 29.3 Å². The number of likely N-dealkylation sites (tertiary alicyclic amines) is 1. The van der Waals surface area contributed by atoms with Crippen LogP contribution in [0.25, 0.3) is 0 Å². The third-order valence-corrected chi connectivity index (χ3v) is 8.58. The third-order valence-electron chi connectivity index (χ3n) is 7.35. The van der Waals surface area contributed by atoms with Crippen molar-refractivity contribution in [3.05, 3.63) is 63.9 Å². The van der Waals surface area contributed by atoms with Crippen molar-refractivity contribution in [2.75, 3.05) is 25.2 Å². The Morgan fingerprint density at radius 1 is 1.12 bits per heavy atom. The molecule has 2 aliphatic heterocycles. The Bertz CT molecular complexity index is 1180. The molecule has 7 heteroatoms. The monoisotopic (exact) mass is 478 g/mol. The molecule has 3 aliphatic rings. The molecule has 1 aromatic carbocycles. The molecule has 0 radical (unpaired) electrons. The van der Waals surface area contributed by atoms with E-state index in [4.69, 9.17) is 13.9 Å². The lowest BCUT2D eigenvalue weighted by molar-refractivity contribution is 0.0996. The molecule has 1 atom stereocenters. The number of anilines is 1. The Labute approximate surface area is 203 Å². The van der Waals surface area contributed by atoms with Gasteiger partial charge >= 0.3 is 0 Å². The predicted octanol–water partition coefficient (Wildman–Crippen LogP) is 6.02. The quantitative estimate of drug-likeness (QED) is 0.486. The number of amides is 1. The maximum Gasteiger partial charge on any atom is 0.291 e. The number of nitrogens with one attached hydrogen (secondary N) is 1. The lowest BCUT2D eigenvalue weighted by Gasteiger charge is -2.38. The number of carbonyl (C=O) groups excluding carboxylic acids is 1. The summed E-state index contributed by atoms with van der Waals surface area (Å²) in [5, 5.41) is 4.18. The van der Waals surface area contributed by atoms with Crippen LogP contribution in [0.3, 0.4) is 0 Å². The Hall–Kier alpha value is -2.77. The zero-order valence-corrected chi connectivity index (χ0v) is 20.3. The van der Waals surface area contributed by atoms with E-state index in [-0.39, 0.29) is 18.7 Å². The summed E-state index contributed by atoms with van der Waals surface area (Å²) in [6.45, 7) is 4.68. The first-order chi connectivity index (χ1) is 16.7. The van der Waals surface area contributed by atoms with Crippen molar-refractivity contribution in [1.82, 2.24) is 4.90 Å². The largest absolute Gasteiger partial charge is 0.459 e. The highest BCUT2D eigenvalue weighted by Crippen LogP contribution is 2.47. The standard InChI is InChI=1S/C27H30N2O4S/c1-17-10-12-29(13-11-17)25(18-8-9-20-22(15-18)33-16-32-20)24-19-5-2-3-7-23(19)34-27(24)28-26(30)21-6-4-14-31-21/h4,6,8-9,14-15,17,25H,2-3,5,7,10-13,16H2,1H3,(H,28,30). The van der Waals surface area contributed by atoms with Gasteiger partial charge in [0.25, 0.3) is 5.91 Å². The van der Waals surface area contributed by atoms with Crippen LogP contribution in [0.4, 0.5) is 5.00 Å². The molecule has 1 fully saturated rings. The van der Waals surface area contributed by atoms with Gasteiger partial charge in [0.05, 0.1) is 12.3 Å². The number of fused-ring (bicyclic) bond motifs is 2. The van der Waals surface area contributed by atoms with Crippen LogP contribution in [0.2, 0.25) is 0 Å². The second kappa shape index (κ2) is 9.12. The molecule has 34 heavy (non-hydrogen) atoms. The van der Waals surface area contributed by atoms with E-state index in [1.165, 1.54) is 47.3 Å². The average molecular weight is 479 g/mol. The third kappa shape index (κ3) is 4.01. The number of ether oxygens (including phenoxy) is 2. The molecule has 2 aromatic heterocycles. The number of aryl methyl sites for hydroxylation is 1. The first-order valence-corrected chi connectivity index (χ1v) is 13.1. The molecule has 1 amide bonds. The molecule has 0 bridgehead atoms. The molecule has 3 aromatic rings. The molecule has 0 spiro atoms. The summed E-state index contributed by atoms with van der Waals surface area (Å²) >= 11 is 1.74. The molecule has 1 saturated heterocycles. The van der Waals surface area contributed by atoms with Gasteiger partial charge in [0.2, 0.25) is 6.79 Å². The molecular formula is C27H30N2O4S. The summed E-state index contributed by atoms with van der Waals surface area (Å²) in [5.41, 5.74) is 3.87. The minimum Gasteiger partial charge on any atom is -0.459 e. The Balaban J connectivity index is 1.46. The first-order valence-electron chi connectivity index (χ1n) is 12.3. The highest BCUT2D eigenvalue weighted by Gasteiger charge is 2.34. The topological polar surface area (TPSA) is 63.9 Å². The van der Waals surface area contributed by atoms with Crippen LogP contribution in [0.5, 0.6) is 11.5 Å². The van der Waals surface area contributed by atoms with Crippen LogP contribution in [-0.4, -0.2) is 30.7 Å². The van der Waals surface area contributed by atoms with Crippen LogP contribution < -0.4 is 14.8 Å². The van der Waals surface area contributed by atoms with Gasteiger partial charge in [-0.3, -0.25) is 9.69 Å². The smallest absolute Gasteiger partial charge is 0.291 e. The second-order valence-corrected chi connectivity index (χ2v) is 10.7. The zero-order chi connectivity index (χ0) is 23.1. The van der Waals surface area contributed by atoms with E-state index >= 15 is 0 Å². The number of nitrogens with zero attached hydrogens (tertiary/aromatic N) is 1. The van der Waals surface area contributed by atoms with Crippen LogP contribution in [0.15, 0.2) is 41.0 Å². The van der Waals surface area contributed by atoms with Crippen LogP contribution in [-0.2, 0) is 12.8 Å². The molecule has 1 N–H and O–H groups in total. The van der Waals surface area contributed by atoms with Gasteiger partial charge in [-0.1, -0.05) is 13.0 Å². The Morgan fingerprint density at radius 3 is 2.76 bits per heavy atom. The summed E-state index contributed by atoms with van der Waals surface area (Å²) in [6.07, 6.45) is 8.43. The Kier molecular flexibility index (Phi) is 5.83. The van der Waals surface area contributed by atoms with Gasteiger partial charge in [0.1, 0.15) is 5.00 Å². The van der Waals surface area contributed by atoms with Gasteiger partial charge in [-0.05, 0) is 92.9 Å². The van der Waals surface area contributed by atoms with E-state index in [0.717, 1.165) is 48.3 Å². The first kappa shape index (κ1) is 21.7. The van der Waals surface area contributed by atoms with Gasteiger partial charge in [-0.15, -0.1) is 11.3 Å². The maximum atomic E-state index is 13.0. The molecule has 6 nitrogen and oxygen atoms in total. The van der Waals surface area contributed by atoms with E-state index in [1.807, 2.05) is 6.07 Å². The average Bonchev–Trinajstić information content (AvgIpc) is 3.61.